The first kappa shape index (κ1) is 38.1. The number of hydrogen-bond donors (Lipinski definition) is 3. The molecule has 12 nitrogen and oxygen atoms in total. The van der Waals surface area contributed by atoms with Gasteiger partial charge in [-0.15, -0.1) is 0 Å². The second kappa shape index (κ2) is 15.9. The number of benzene rings is 2. The van der Waals surface area contributed by atoms with Crippen LogP contribution in [0.25, 0.3) is 11.1 Å². The van der Waals surface area contributed by atoms with Gasteiger partial charge in [0.15, 0.2) is 11.6 Å². The van der Waals surface area contributed by atoms with E-state index in [4.69, 9.17) is 33.2 Å². The number of fused-ring (bicyclic) bond motifs is 2. The molecule has 2 aromatic carbocycles. The molecule has 0 radical (unpaired) electrons. The third-order valence-corrected chi connectivity index (χ3v) is 12.4. The van der Waals surface area contributed by atoms with Crippen molar-refractivity contribution in [3.05, 3.63) is 80.9 Å². The van der Waals surface area contributed by atoms with Crippen LogP contribution in [-0.2, 0) is 44.8 Å². The summed E-state index contributed by atoms with van der Waals surface area (Å²) < 4.78 is 3.74. The maximum absolute atomic E-state index is 13.7. The van der Waals surface area contributed by atoms with Gasteiger partial charge in [0.05, 0.1) is 38.7 Å². The SMILES string of the molecule is CC(C)N1CCc2c(nc(C(=O)Nc3cccc(-c4cccc(NC(=O)c5nc6c(n5C)CCN(CCC5CCC(C(=O)O)CC5)C6)c4Cl)c3Cl)n2C)C1. The van der Waals surface area contributed by atoms with Crippen molar-refractivity contribution in [1.29, 1.82) is 0 Å². The number of aliphatic carboxylic acids is 1. The standard InChI is InChI=1S/C40H48Cl2N8O4/c1-23(2)50-20-17-33-31(22-50)44-37(48(33)4)39(52)46-29-10-6-8-27(35(29)42)26-7-5-9-28(34(26)41)45-38(51)36-43-30-21-49(19-16-32(30)47(36)3)18-15-24-11-13-25(14-12-24)40(53)54/h5-10,23-25H,11-22H2,1-4H3,(H,45,51)(H,46,52)(H,53,54). The molecule has 7 rings (SSSR count). The summed E-state index contributed by atoms with van der Waals surface area (Å²) >= 11 is 13.9. The first-order chi connectivity index (χ1) is 25.9. The van der Waals surface area contributed by atoms with Gasteiger partial charge in [-0.05, 0) is 70.5 Å². The topological polar surface area (TPSA) is 138 Å². The molecule has 0 atom stereocenters. The van der Waals surface area contributed by atoms with Gasteiger partial charge >= 0.3 is 5.97 Å². The van der Waals surface area contributed by atoms with Crippen molar-refractivity contribution in [2.24, 2.45) is 25.9 Å². The number of carbonyl (C=O) groups excluding carboxylic acids is 2. The number of carboxylic acids is 1. The molecule has 3 N–H and O–H groups in total. The van der Waals surface area contributed by atoms with Crippen LogP contribution in [0.1, 0.15) is 90.0 Å². The Balaban J connectivity index is 1.02. The van der Waals surface area contributed by atoms with E-state index in [-0.39, 0.29) is 17.7 Å². The molecule has 4 aromatic rings. The molecule has 3 aliphatic rings. The largest absolute Gasteiger partial charge is 0.481 e. The summed E-state index contributed by atoms with van der Waals surface area (Å²) in [6.07, 6.45) is 6.12. The molecule has 14 heteroatoms. The monoisotopic (exact) mass is 774 g/mol. The summed E-state index contributed by atoms with van der Waals surface area (Å²) in [6.45, 7) is 8.43. The van der Waals surface area contributed by atoms with E-state index in [2.05, 4.69) is 34.3 Å². The Kier molecular flexibility index (Phi) is 11.2. The molecule has 0 bridgehead atoms. The van der Waals surface area contributed by atoms with Crippen molar-refractivity contribution in [2.45, 2.75) is 77.9 Å². The van der Waals surface area contributed by atoms with E-state index in [1.807, 2.05) is 35.4 Å². The number of nitrogens with zero attached hydrogens (tertiary/aromatic N) is 6. The third kappa shape index (κ3) is 7.66. The first-order valence-electron chi connectivity index (χ1n) is 18.9. The second-order valence-electron chi connectivity index (χ2n) is 15.2. The zero-order chi connectivity index (χ0) is 38.3. The van der Waals surface area contributed by atoms with Gasteiger partial charge in [0.1, 0.15) is 0 Å². The molecule has 0 spiro atoms. The van der Waals surface area contributed by atoms with Gasteiger partial charge in [-0.2, -0.15) is 0 Å². The van der Waals surface area contributed by atoms with Crippen LogP contribution in [-0.4, -0.2) is 77.5 Å². The van der Waals surface area contributed by atoms with Crippen LogP contribution in [0, 0.1) is 11.8 Å². The molecule has 0 unspecified atom stereocenters. The van der Waals surface area contributed by atoms with Crippen LogP contribution < -0.4 is 10.6 Å². The van der Waals surface area contributed by atoms with Crippen LogP contribution in [0.2, 0.25) is 10.0 Å². The molecular weight excluding hydrogens is 727 g/mol. The molecule has 1 fully saturated rings. The summed E-state index contributed by atoms with van der Waals surface area (Å²) in [5, 5.41) is 15.9. The number of anilines is 2. The molecule has 2 amide bonds. The lowest BCUT2D eigenvalue weighted by Gasteiger charge is -2.30. The number of carbonyl (C=O) groups is 3. The highest BCUT2D eigenvalue weighted by Gasteiger charge is 2.30. The Morgan fingerprint density at radius 2 is 1.31 bits per heavy atom. The van der Waals surface area contributed by atoms with Crippen molar-refractivity contribution >= 4 is 52.4 Å². The maximum atomic E-state index is 13.7. The lowest BCUT2D eigenvalue weighted by atomic mass is 9.80. The van der Waals surface area contributed by atoms with Crippen LogP contribution in [0.4, 0.5) is 11.4 Å². The minimum atomic E-state index is -0.670. The molecular formula is C40H48Cl2N8O4. The van der Waals surface area contributed by atoms with Crippen molar-refractivity contribution in [3.63, 3.8) is 0 Å². The highest BCUT2D eigenvalue weighted by molar-refractivity contribution is 6.40. The van der Waals surface area contributed by atoms with Gasteiger partial charge in [0.2, 0.25) is 0 Å². The Labute approximate surface area is 325 Å². The molecule has 286 valence electrons. The fourth-order valence-electron chi connectivity index (χ4n) is 8.26. The van der Waals surface area contributed by atoms with Crippen LogP contribution in [0.3, 0.4) is 0 Å². The zero-order valence-corrected chi connectivity index (χ0v) is 32.8. The average Bonchev–Trinajstić information content (AvgIpc) is 3.68. The summed E-state index contributed by atoms with van der Waals surface area (Å²) in [5.41, 5.74) is 5.98. The van der Waals surface area contributed by atoms with Gasteiger partial charge in [0, 0.05) is 81.7 Å². The molecule has 54 heavy (non-hydrogen) atoms. The van der Waals surface area contributed by atoms with E-state index in [0.29, 0.717) is 69.2 Å². The summed E-state index contributed by atoms with van der Waals surface area (Å²) in [5.74, 6) is -0.392. The molecule has 1 saturated carbocycles. The van der Waals surface area contributed by atoms with Crippen molar-refractivity contribution in [2.75, 3.05) is 30.3 Å². The Hall–Kier alpha value is -4.23. The number of aromatic nitrogens is 4. The fourth-order valence-corrected chi connectivity index (χ4v) is 8.81. The van der Waals surface area contributed by atoms with Crippen LogP contribution >= 0.6 is 23.2 Å². The fraction of sp³-hybridized carbons (Fsp3) is 0.475. The van der Waals surface area contributed by atoms with Crippen LogP contribution in [0.15, 0.2) is 36.4 Å². The Morgan fingerprint density at radius 3 is 1.83 bits per heavy atom. The second-order valence-corrected chi connectivity index (χ2v) is 16.0. The maximum Gasteiger partial charge on any atom is 0.306 e. The van der Waals surface area contributed by atoms with E-state index >= 15 is 0 Å². The molecule has 0 saturated heterocycles. The molecule has 1 aliphatic carbocycles. The smallest absolute Gasteiger partial charge is 0.306 e. The van der Waals surface area contributed by atoms with Gasteiger partial charge in [-0.1, -0.05) is 47.5 Å². The Morgan fingerprint density at radius 1 is 0.796 bits per heavy atom. The van der Waals surface area contributed by atoms with Crippen molar-refractivity contribution < 1.29 is 19.5 Å². The summed E-state index contributed by atoms with van der Waals surface area (Å²) in [7, 11) is 3.74. The van der Waals surface area contributed by atoms with Gasteiger partial charge < -0.3 is 24.9 Å². The van der Waals surface area contributed by atoms with Gasteiger partial charge in [0.25, 0.3) is 11.8 Å². The predicted molar refractivity (Wildman–Crippen MR) is 210 cm³/mol. The van der Waals surface area contributed by atoms with Gasteiger partial charge in [-0.3, -0.25) is 24.2 Å². The lowest BCUT2D eigenvalue weighted by Crippen LogP contribution is -2.36. The first-order valence-corrected chi connectivity index (χ1v) is 19.6. The molecule has 2 aliphatic heterocycles. The number of imidazole rings is 2. The van der Waals surface area contributed by atoms with Crippen molar-refractivity contribution in [3.8, 4) is 11.1 Å². The number of hydrogen-bond acceptors (Lipinski definition) is 7. The number of amides is 2. The van der Waals surface area contributed by atoms with Gasteiger partial charge in [-0.25, -0.2) is 9.97 Å². The third-order valence-electron chi connectivity index (χ3n) is 11.6. The minimum absolute atomic E-state index is 0.196. The van der Waals surface area contributed by atoms with E-state index < -0.39 is 5.97 Å². The number of halogens is 2. The number of rotatable bonds is 10. The van der Waals surface area contributed by atoms with E-state index in [9.17, 15) is 19.5 Å². The highest BCUT2D eigenvalue weighted by atomic mass is 35.5. The summed E-state index contributed by atoms with van der Waals surface area (Å²) in [6, 6.07) is 11.1. The number of carboxylic acid groups (broad SMARTS) is 1. The quantitative estimate of drug-likeness (QED) is 0.156. The van der Waals surface area contributed by atoms with E-state index in [0.717, 1.165) is 87.4 Å². The highest BCUT2D eigenvalue weighted by Crippen LogP contribution is 2.40. The number of nitrogens with one attached hydrogen (secondary N) is 2. The van der Waals surface area contributed by atoms with E-state index in [1.165, 1.54) is 0 Å². The van der Waals surface area contributed by atoms with Crippen LogP contribution in [0.5, 0.6) is 0 Å². The molecule has 4 heterocycles. The average molecular weight is 776 g/mol. The van der Waals surface area contributed by atoms with E-state index in [1.54, 1.807) is 24.3 Å². The predicted octanol–water partition coefficient (Wildman–Crippen LogP) is 7.04. The summed E-state index contributed by atoms with van der Waals surface area (Å²) in [4.78, 5) is 52.7. The Bertz CT molecular complexity index is 2080. The molecule has 2 aromatic heterocycles. The zero-order valence-electron chi connectivity index (χ0n) is 31.3. The lowest BCUT2D eigenvalue weighted by molar-refractivity contribution is -0.143. The normalized spacial score (nSPS) is 19.0. The van der Waals surface area contributed by atoms with Crippen molar-refractivity contribution in [1.82, 2.24) is 28.9 Å². The minimum Gasteiger partial charge on any atom is -0.481 e.